The van der Waals surface area contributed by atoms with Crippen LogP contribution in [0.4, 0.5) is 4.39 Å². The Kier molecular flexibility index (Phi) is 3.68. The monoisotopic (exact) mass is 290 g/mol. The van der Waals surface area contributed by atoms with Gasteiger partial charge in [0.2, 0.25) is 0 Å². The average Bonchev–Trinajstić information content (AvgIpc) is 2.58. The summed E-state index contributed by atoms with van der Waals surface area (Å²) in [4.78, 5) is 0. The molecule has 0 saturated heterocycles. The van der Waals surface area contributed by atoms with Crippen molar-refractivity contribution in [3.05, 3.63) is 34.1 Å². The Hall–Kier alpha value is -0.0800. The highest BCUT2D eigenvalue weighted by atomic mass is 79.9. The van der Waals surface area contributed by atoms with Crippen molar-refractivity contribution in [2.45, 2.75) is 31.1 Å². The van der Waals surface area contributed by atoms with E-state index < -0.39 is 0 Å². The lowest BCUT2D eigenvalue weighted by atomic mass is 9.97. The van der Waals surface area contributed by atoms with Crippen LogP contribution in [0.15, 0.2) is 22.7 Å². The first kappa shape index (κ1) is 11.4. The number of alkyl halides is 1. The third-order valence-electron chi connectivity index (χ3n) is 3.06. The molecule has 1 aliphatic carbocycles. The summed E-state index contributed by atoms with van der Waals surface area (Å²) in [5.41, 5.74) is 0.780. The summed E-state index contributed by atoms with van der Waals surface area (Å²) in [6.45, 7) is 0. The van der Waals surface area contributed by atoms with Crippen molar-refractivity contribution in [3.63, 3.8) is 0 Å². The quantitative estimate of drug-likeness (QED) is 0.702. The van der Waals surface area contributed by atoms with E-state index in [9.17, 15) is 4.39 Å². The van der Waals surface area contributed by atoms with Crippen LogP contribution in [0, 0.1) is 11.7 Å². The Balaban J connectivity index is 2.12. The first-order valence-corrected chi connectivity index (χ1v) is 6.48. The van der Waals surface area contributed by atoms with Crippen LogP contribution in [0.5, 0.6) is 0 Å². The van der Waals surface area contributed by atoms with E-state index >= 15 is 0 Å². The maximum Gasteiger partial charge on any atom is 0.126 e. The molecule has 2 rings (SSSR count). The summed E-state index contributed by atoms with van der Waals surface area (Å²) >= 11 is 9.55. The topological polar surface area (TPSA) is 0 Å². The summed E-state index contributed by atoms with van der Waals surface area (Å²) < 4.78 is 14.4. The highest BCUT2D eigenvalue weighted by Gasteiger charge is 2.26. The first-order chi connectivity index (χ1) is 7.16. The molecule has 0 spiro atoms. The van der Waals surface area contributed by atoms with Crippen molar-refractivity contribution in [2.75, 3.05) is 0 Å². The van der Waals surface area contributed by atoms with E-state index in [1.165, 1.54) is 12.5 Å². The molecule has 1 aromatic carbocycles. The number of halogens is 3. The summed E-state index contributed by atoms with van der Waals surface area (Å²) in [6, 6.07) is 5.10. The van der Waals surface area contributed by atoms with Gasteiger partial charge in [0.1, 0.15) is 5.82 Å². The van der Waals surface area contributed by atoms with Gasteiger partial charge in [-0.25, -0.2) is 4.39 Å². The molecule has 2 unspecified atom stereocenters. The van der Waals surface area contributed by atoms with Crippen molar-refractivity contribution < 1.29 is 4.39 Å². The minimum Gasteiger partial charge on any atom is -0.207 e. The van der Waals surface area contributed by atoms with Crippen LogP contribution < -0.4 is 0 Å². The molecule has 0 N–H and O–H groups in total. The molecular formula is C12H13BrClF. The van der Waals surface area contributed by atoms with E-state index in [0.29, 0.717) is 5.92 Å². The number of rotatable bonds is 2. The van der Waals surface area contributed by atoms with E-state index in [0.717, 1.165) is 29.3 Å². The number of hydrogen-bond donors (Lipinski definition) is 0. The van der Waals surface area contributed by atoms with Crippen molar-refractivity contribution in [3.8, 4) is 0 Å². The molecule has 1 fully saturated rings. The molecule has 0 nitrogen and oxygen atoms in total. The zero-order valence-electron chi connectivity index (χ0n) is 8.35. The highest BCUT2D eigenvalue weighted by Crippen LogP contribution is 2.33. The van der Waals surface area contributed by atoms with Gasteiger partial charge in [-0.2, -0.15) is 0 Å². The minimum absolute atomic E-state index is 0.117. The Bertz CT molecular complexity index is 353. The van der Waals surface area contributed by atoms with Crippen molar-refractivity contribution >= 4 is 27.5 Å². The molecule has 82 valence electrons. The second-order valence-corrected chi connectivity index (χ2v) is 5.62. The summed E-state index contributed by atoms with van der Waals surface area (Å²) in [5, 5.41) is 0.225. The van der Waals surface area contributed by atoms with E-state index in [-0.39, 0.29) is 11.2 Å². The molecule has 15 heavy (non-hydrogen) atoms. The molecule has 0 aliphatic heterocycles. The Morgan fingerprint density at radius 3 is 2.87 bits per heavy atom. The predicted octanol–water partition coefficient (Wildman–Crippen LogP) is 4.54. The maximum absolute atomic E-state index is 13.5. The molecule has 1 aliphatic rings. The molecule has 1 aromatic rings. The summed E-state index contributed by atoms with van der Waals surface area (Å²) in [5.74, 6) is 0.324. The third-order valence-corrected chi connectivity index (χ3v) is 4.12. The van der Waals surface area contributed by atoms with Gasteiger partial charge in [0, 0.05) is 9.85 Å². The molecule has 0 bridgehead atoms. The van der Waals surface area contributed by atoms with Gasteiger partial charge in [-0.3, -0.25) is 0 Å². The molecule has 1 saturated carbocycles. The number of benzene rings is 1. The van der Waals surface area contributed by atoms with Crippen LogP contribution in [-0.4, -0.2) is 5.38 Å². The van der Waals surface area contributed by atoms with Crippen LogP contribution >= 0.6 is 27.5 Å². The van der Waals surface area contributed by atoms with Crippen LogP contribution in [0.2, 0.25) is 0 Å². The van der Waals surface area contributed by atoms with Gasteiger partial charge in [-0.15, -0.1) is 11.6 Å². The van der Waals surface area contributed by atoms with Gasteiger partial charge in [0.05, 0.1) is 0 Å². The maximum atomic E-state index is 13.5. The Labute approximate surface area is 103 Å². The van der Waals surface area contributed by atoms with E-state index in [4.69, 9.17) is 11.6 Å². The number of hydrogen-bond acceptors (Lipinski definition) is 0. The fourth-order valence-electron chi connectivity index (χ4n) is 2.20. The summed E-state index contributed by atoms with van der Waals surface area (Å²) in [7, 11) is 0. The van der Waals surface area contributed by atoms with Gasteiger partial charge < -0.3 is 0 Å². The molecule has 0 amide bonds. The lowest BCUT2D eigenvalue weighted by Gasteiger charge is -2.14. The normalized spacial score (nSPS) is 25.8. The van der Waals surface area contributed by atoms with Gasteiger partial charge in [0.15, 0.2) is 0 Å². The molecule has 0 radical (unpaired) electrons. The zero-order chi connectivity index (χ0) is 10.8. The molecular weight excluding hydrogens is 278 g/mol. The fourth-order valence-corrected chi connectivity index (χ4v) is 2.98. The fraction of sp³-hybridized carbons (Fsp3) is 0.500. The van der Waals surface area contributed by atoms with Gasteiger partial charge in [0.25, 0.3) is 0 Å². The van der Waals surface area contributed by atoms with Crippen molar-refractivity contribution in [1.29, 1.82) is 0 Å². The largest absolute Gasteiger partial charge is 0.207 e. The molecule has 0 heterocycles. The lowest BCUT2D eigenvalue weighted by Crippen LogP contribution is -2.11. The van der Waals surface area contributed by atoms with Gasteiger partial charge in [-0.05, 0) is 48.9 Å². The van der Waals surface area contributed by atoms with E-state index in [1.807, 2.05) is 6.07 Å². The van der Waals surface area contributed by atoms with Crippen molar-refractivity contribution in [2.24, 2.45) is 5.92 Å². The second kappa shape index (κ2) is 4.84. The smallest absolute Gasteiger partial charge is 0.126 e. The standard InChI is InChI=1S/C12H13BrClF/c13-10-4-5-12(15)9(7-10)6-8-2-1-3-11(8)14/h4-5,7-8,11H,1-3,6H2. The van der Waals surface area contributed by atoms with Crippen LogP contribution in [0.3, 0.4) is 0 Å². The van der Waals surface area contributed by atoms with Crippen LogP contribution in [-0.2, 0) is 6.42 Å². The van der Waals surface area contributed by atoms with Crippen LogP contribution in [0.25, 0.3) is 0 Å². The zero-order valence-corrected chi connectivity index (χ0v) is 10.7. The van der Waals surface area contributed by atoms with Crippen molar-refractivity contribution in [1.82, 2.24) is 0 Å². The molecule has 2 atom stereocenters. The molecule has 0 aromatic heterocycles. The molecule has 3 heteroatoms. The predicted molar refractivity (Wildman–Crippen MR) is 64.8 cm³/mol. The second-order valence-electron chi connectivity index (χ2n) is 4.15. The van der Waals surface area contributed by atoms with Gasteiger partial charge in [-0.1, -0.05) is 22.4 Å². The Morgan fingerprint density at radius 2 is 2.20 bits per heavy atom. The van der Waals surface area contributed by atoms with Crippen LogP contribution in [0.1, 0.15) is 24.8 Å². The lowest BCUT2D eigenvalue weighted by molar-refractivity contribution is 0.525. The van der Waals surface area contributed by atoms with E-state index in [1.54, 1.807) is 6.07 Å². The highest BCUT2D eigenvalue weighted by molar-refractivity contribution is 9.10. The first-order valence-electron chi connectivity index (χ1n) is 5.25. The van der Waals surface area contributed by atoms with E-state index in [2.05, 4.69) is 15.9 Å². The SMILES string of the molecule is Fc1ccc(Br)cc1CC1CCCC1Cl. The Morgan fingerprint density at radius 1 is 1.40 bits per heavy atom. The van der Waals surface area contributed by atoms with Gasteiger partial charge >= 0.3 is 0 Å². The average molecular weight is 292 g/mol. The summed E-state index contributed by atoms with van der Waals surface area (Å²) in [6.07, 6.45) is 4.13. The third kappa shape index (κ3) is 2.73. The minimum atomic E-state index is -0.117.